The number of fused-ring (bicyclic) bond motifs is 5. The monoisotopic (exact) mass is 356 g/mol. The van der Waals surface area contributed by atoms with E-state index in [1.54, 1.807) is 0 Å². The zero-order valence-corrected chi connectivity index (χ0v) is 15.4. The maximum atomic E-state index is 4.72. The molecule has 1 N–H and O–H groups in total. The van der Waals surface area contributed by atoms with Gasteiger partial charge in [-0.2, -0.15) is 5.10 Å². The predicted molar refractivity (Wildman–Crippen MR) is 106 cm³/mol. The topological polar surface area (TPSA) is 68.5 Å². The molecule has 3 heterocycles. The van der Waals surface area contributed by atoms with Crippen molar-refractivity contribution in [1.82, 2.24) is 24.7 Å². The summed E-state index contributed by atoms with van der Waals surface area (Å²) >= 11 is 0. The van der Waals surface area contributed by atoms with E-state index in [4.69, 9.17) is 4.98 Å². The second kappa shape index (κ2) is 6.16. The highest BCUT2D eigenvalue weighted by Gasteiger charge is 2.22. The molecule has 1 aromatic carbocycles. The number of anilines is 1. The lowest BCUT2D eigenvalue weighted by Crippen LogP contribution is -2.10. The average Bonchev–Trinajstić information content (AvgIpc) is 3.11. The van der Waals surface area contributed by atoms with Gasteiger partial charge in [0, 0.05) is 36.0 Å². The molecule has 4 aromatic rings. The Labute approximate surface area is 157 Å². The van der Waals surface area contributed by atoms with Gasteiger partial charge in [-0.1, -0.05) is 29.8 Å². The molecule has 0 unspecified atom stereocenters. The van der Waals surface area contributed by atoms with Crippen molar-refractivity contribution in [3.63, 3.8) is 0 Å². The van der Waals surface area contributed by atoms with E-state index in [1.807, 2.05) is 30.3 Å². The minimum absolute atomic E-state index is 0.664. The van der Waals surface area contributed by atoms with Crippen LogP contribution in [0.2, 0.25) is 0 Å². The normalized spacial score (nSPS) is 12.7. The first-order valence-corrected chi connectivity index (χ1v) is 9.16. The number of rotatable bonds is 3. The maximum absolute atomic E-state index is 4.72. The Morgan fingerprint density at radius 2 is 1.89 bits per heavy atom. The van der Waals surface area contributed by atoms with E-state index < -0.39 is 0 Å². The summed E-state index contributed by atoms with van der Waals surface area (Å²) in [6, 6.07) is 8.54. The van der Waals surface area contributed by atoms with Crippen LogP contribution in [0.1, 0.15) is 22.4 Å². The summed E-state index contributed by atoms with van der Waals surface area (Å²) in [7, 11) is 1.84. The number of aryl methyl sites for hydroxylation is 3. The molecule has 0 aliphatic heterocycles. The van der Waals surface area contributed by atoms with Crippen molar-refractivity contribution in [1.29, 1.82) is 0 Å². The molecule has 5 rings (SSSR count). The lowest BCUT2D eigenvalue weighted by atomic mass is 9.89. The van der Waals surface area contributed by atoms with Gasteiger partial charge in [0.1, 0.15) is 0 Å². The number of hydrogen-bond donors (Lipinski definition) is 1. The van der Waals surface area contributed by atoms with E-state index in [9.17, 15) is 0 Å². The zero-order valence-electron chi connectivity index (χ0n) is 15.4. The van der Waals surface area contributed by atoms with E-state index in [1.165, 1.54) is 22.3 Å². The predicted octanol–water partition coefficient (Wildman–Crippen LogP) is 3.39. The Kier molecular flexibility index (Phi) is 3.63. The fourth-order valence-electron chi connectivity index (χ4n) is 3.75. The number of aromatic nitrogens is 5. The molecule has 0 amide bonds. The molecule has 3 aromatic heterocycles. The summed E-state index contributed by atoms with van der Waals surface area (Å²) in [6.07, 6.45) is 7.68. The van der Waals surface area contributed by atoms with E-state index in [0.29, 0.717) is 12.5 Å². The van der Waals surface area contributed by atoms with Crippen LogP contribution in [0.4, 0.5) is 5.95 Å². The molecule has 0 fully saturated rings. The standard InChI is InChI=1S/C21H20N6/c1-13-3-5-14(6-4-13)12-27-20-17(11-25-27)19-15(9-23-20)7-8-18-16(19)10-24-21(22-2)26-18/h3-6,9-11H,7-8,12H2,1-2H3,(H,22,24,26). The minimum atomic E-state index is 0.664. The Hall–Kier alpha value is -3.28. The molecule has 1 aliphatic carbocycles. The third-order valence-corrected chi connectivity index (χ3v) is 5.19. The first-order valence-electron chi connectivity index (χ1n) is 9.16. The van der Waals surface area contributed by atoms with Gasteiger partial charge in [0.2, 0.25) is 5.95 Å². The molecule has 134 valence electrons. The number of benzene rings is 1. The quantitative estimate of drug-likeness (QED) is 0.609. The number of hydrogen-bond acceptors (Lipinski definition) is 5. The van der Waals surface area contributed by atoms with Gasteiger partial charge in [-0.15, -0.1) is 0 Å². The first-order chi connectivity index (χ1) is 13.2. The Morgan fingerprint density at radius 1 is 1.04 bits per heavy atom. The van der Waals surface area contributed by atoms with Crippen LogP contribution in [0.15, 0.2) is 42.9 Å². The molecule has 0 spiro atoms. The van der Waals surface area contributed by atoms with E-state index >= 15 is 0 Å². The molecular formula is C21H20N6. The fourth-order valence-corrected chi connectivity index (χ4v) is 3.75. The van der Waals surface area contributed by atoms with Gasteiger partial charge >= 0.3 is 0 Å². The summed E-state index contributed by atoms with van der Waals surface area (Å²) < 4.78 is 1.97. The molecule has 6 nitrogen and oxygen atoms in total. The summed E-state index contributed by atoms with van der Waals surface area (Å²) in [5, 5.41) is 8.72. The van der Waals surface area contributed by atoms with Gasteiger partial charge in [0.15, 0.2) is 5.65 Å². The van der Waals surface area contributed by atoms with Gasteiger partial charge in [-0.25, -0.2) is 19.6 Å². The van der Waals surface area contributed by atoms with Crippen molar-refractivity contribution in [3.8, 4) is 11.1 Å². The first kappa shape index (κ1) is 15.9. The Morgan fingerprint density at radius 3 is 2.70 bits per heavy atom. The molecule has 0 saturated carbocycles. The number of pyridine rings is 1. The molecule has 0 atom stereocenters. The van der Waals surface area contributed by atoms with Gasteiger partial charge in [-0.05, 0) is 30.9 Å². The molecule has 0 radical (unpaired) electrons. The van der Waals surface area contributed by atoms with Gasteiger partial charge in [0.25, 0.3) is 0 Å². The van der Waals surface area contributed by atoms with Crippen LogP contribution < -0.4 is 5.32 Å². The van der Waals surface area contributed by atoms with Crippen molar-refractivity contribution < 1.29 is 0 Å². The molecule has 1 aliphatic rings. The van der Waals surface area contributed by atoms with Crippen molar-refractivity contribution in [2.75, 3.05) is 12.4 Å². The smallest absolute Gasteiger partial charge is 0.222 e. The minimum Gasteiger partial charge on any atom is -0.357 e. The molecule has 27 heavy (non-hydrogen) atoms. The highest BCUT2D eigenvalue weighted by atomic mass is 15.3. The van der Waals surface area contributed by atoms with Gasteiger partial charge in [-0.3, -0.25) is 0 Å². The average molecular weight is 356 g/mol. The third-order valence-electron chi connectivity index (χ3n) is 5.19. The van der Waals surface area contributed by atoms with Gasteiger partial charge in [0.05, 0.1) is 18.4 Å². The maximum Gasteiger partial charge on any atom is 0.222 e. The van der Waals surface area contributed by atoms with E-state index in [2.05, 4.69) is 51.6 Å². The summed E-state index contributed by atoms with van der Waals surface area (Å²) in [4.78, 5) is 13.8. The summed E-state index contributed by atoms with van der Waals surface area (Å²) in [5.74, 6) is 0.664. The SMILES string of the molecule is CNc1ncc2c(n1)CCc1cnc3c(cnn3Cc3ccc(C)cc3)c1-2. The lowest BCUT2D eigenvalue weighted by molar-refractivity contribution is 0.704. The van der Waals surface area contributed by atoms with E-state index in [-0.39, 0.29) is 0 Å². The van der Waals surface area contributed by atoms with Crippen molar-refractivity contribution in [3.05, 3.63) is 65.2 Å². The van der Waals surface area contributed by atoms with Crippen LogP contribution >= 0.6 is 0 Å². The lowest BCUT2D eigenvalue weighted by Gasteiger charge is -2.19. The Balaban J connectivity index is 1.62. The molecular weight excluding hydrogens is 336 g/mol. The second-order valence-corrected chi connectivity index (χ2v) is 6.99. The van der Waals surface area contributed by atoms with Crippen molar-refractivity contribution >= 4 is 17.0 Å². The van der Waals surface area contributed by atoms with Crippen LogP contribution in [-0.4, -0.2) is 31.8 Å². The largest absolute Gasteiger partial charge is 0.357 e. The summed E-state index contributed by atoms with van der Waals surface area (Å²) in [6.45, 7) is 2.80. The highest BCUT2D eigenvalue weighted by molar-refractivity contribution is 5.95. The molecule has 0 bridgehead atoms. The van der Waals surface area contributed by atoms with Crippen molar-refractivity contribution in [2.24, 2.45) is 0 Å². The van der Waals surface area contributed by atoms with Gasteiger partial charge < -0.3 is 5.32 Å². The van der Waals surface area contributed by atoms with Crippen LogP contribution in [0.3, 0.4) is 0 Å². The van der Waals surface area contributed by atoms with Crippen LogP contribution in [0, 0.1) is 6.92 Å². The zero-order chi connectivity index (χ0) is 18.4. The van der Waals surface area contributed by atoms with Crippen LogP contribution in [-0.2, 0) is 19.4 Å². The van der Waals surface area contributed by atoms with Crippen LogP contribution in [0.25, 0.3) is 22.2 Å². The van der Waals surface area contributed by atoms with Crippen molar-refractivity contribution in [2.45, 2.75) is 26.3 Å². The second-order valence-electron chi connectivity index (χ2n) is 6.99. The third kappa shape index (κ3) is 2.65. The Bertz CT molecular complexity index is 1140. The molecule has 0 saturated heterocycles. The molecule has 6 heteroatoms. The number of nitrogens with one attached hydrogen (secondary N) is 1. The number of nitrogens with zero attached hydrogens (tertiary/aromatic N) is 5. The fraction of sp³-hybridized carbons (Fsp3) is 0.238. The highest BCUT2D eigenvalue weighted by Crippen LogP contribution is 2.37. The van der Waals surface area contributed by atoms with Crippen LogP contribution in [0.5, 0.6) is 0 Å². The summed E-state index contributed by atoms with van der Waals surface area (Å²) in [5.41, 5.74) is 7.98. The van der Waals surface area contributed by atoms with E-state index in [0.717, 1.165) is 35.1 Å².